The van der Waals surface area contributed by atoms with Crippen molar-refractivity contribution < 1.29 is 18.0 Å². The number of nitrogens with one attached hydrogen (secondary N) is 1. The molecule has 0 fully saturated rings. The fourth-order valence-corrected chi connectivity index (χ4v) is 6.30. The zero-order chi connectivity index (χ0) is 29.4. The van der Waals surface area contributed by atoms with Gasteiger partial charge in [-0.15, -0.1) is 0 Å². The first kappa shape index (κ1) is 30.1. The van der Waals surface area contributed by atoms with Crippen LogP contribution in [-0.2, 0) is 32.6 Å². The molecule has 0 aliphatic rings. The van der Waals surface area contributed by atoms with E-state index >= 15 is 0 Å². The summed E-state index contributed by atoms with van der Waals surface area (Å²) in [6, 6.07) is 29.5. The van der Waals surface area contributed by atoms with Crippen LogP contribution in [0.3, 0.4) is 0 Å². The first-order valence-electron chi connectivity index (χ1n) is 12.8. The van der Waals surface area contributed by atoms with E-state index in [1.807, 2.05) is 30.3 Å². The molecule has 7 nitrogen and oxygen atoms in total. The van der Waals surface area contributed by atoms with Gasteiger partial charge in [-0.3, -0.25) is 13.9 Å². The van der Waals surface area contributed by atoms with Crippen molar-refractivity contribution in [1.29, 1.82) is 0 Å². The number of carbonyl (C=O) groups is 2. The molecule has 0 saturated carbocycles. The van der Waals surface area contributed by atoms with Crippen LogP contribution < -0.4 is 9.62 Å². The van der Waals surface area contributed by atoms with Crippen LogP contribution in [0.1, 0.15) is 11.1 Å². The molecule has 0 heterocycles. The molecule has 1 atom stereocenters. The monoisotopic (exact) mass is 609 g/mol. The van der Waals surface area contributed by atoms with Crippen LogP contribution in [0, 0.1) is 0 Å². The third kappa shape index (κ3) is 7.47. The summed E-state index contributed by atoms with van der Waals surface area (Å²) in [6.45, 7) is -0.595. The number of sulfonamides is 1. The quantitative estimate of drug-likeness (QED) is 0.241. The molecular weight excluding hydrogens is 581 g/mol. The zero-order valence-electron chi connectivity index (χ0n) is 22.3. The van der Waals surface area contributed by atoms with Crippen LogP contribution in [-0.4, -0.2) is 44.8 Å². The van der Waals surface area contributed by atoms with Gasteiger partial charge in [0.25, 0.3) is 10.0 Å². The van der Waals surface area contributed by atoms with Crippen LogP contribution in [0.5, 0.6) is 0 Å². The van der Waals surface area contributed by atoms with Gasteiger partial charge < -0.3 is 10.2 Å². The van der Waals surface area contributed by atoms with E-state index in [0.29, 0.717) is 21.3 Å². The minimum atomic E-state index is -4.14. The third-order valence-corrected chi connectivity index (χ3v) is 8.90. The maximum atomic E-state index is 14.2. The lowest BCUT2D eigenvalue weighted by atomic mass is 10.0. The second-order valence-electron chi connectivity index (χ2n) is 9.24. The van der Waals surface area contributed by atoms with Gasteiger partial charge in [0, 0.05) is 30.1 Å². The topological polar surface area (TPSA) is 86.8 Å². The molecule has 4 aromatic rings. The molecule has 0 aromatic heterocycles. The fraction of sp³-hybridized carbons (Fsp3) is 0.161. The van der Waals surface area contributed by atoms with Crippen molar-refractivity contribution in [2.24, 2.45) is 0 Å². The Hall–Kier alpha value is -3.85. The zero-order valence-corrected chi connectivity index (χ0v) is 24.6. The minimum absolute atomic E-state index is 0.0380. The largest absolute Gasteiger partial charge is 0.357 e. The molecule has 0 saturated heterocycles. The van der Waals surface area contributed by atoms with Gasteiger partial charge in [0.1, 0.15) is 12.6 Å². The van der Waals surface area contributed by atoms with Gasteiger partial charge in [0.05, 0.1) is 10.6 Å². The molecule has 41 heavy (non-hydrogen) atoms. The van der Waals surface area contributed by atoms with Gasteiger partial charge in [0.15, 0.2) is 0 Å². The van der Waals surface area contributed by atoms with Crippen molar-refractivity contribution in [3.05, 3.63) is 130 Å². The summed E-state index contributed by atoms with van der Waals surface area (Å²) in [5, 5.41) is 3.40. The number of carbonyl (C=O) groups excluding carboxylic acids is 2. The summed E-state index contributed by atoms with van der Waals surface area (Å²) >= 11 is 12.6. The van der Waals surface area contributed by atoms with Gasteiger partial charge in [-0.1, -0.05) is 96.0 Å². The van der Waals surface area contributed by atoms with E-state index in [1.165, 1.54) is 24.1 Å². The number of rotatable bonds is 11. The second kappa shape index (κ2) is 13.7. The Labute approximate surface area is 250 Å². The number of para-hydroxylation sites is 1. The molecule has 0 spiro atoms. The Morgan fingerprint density at radius 1 is 0.829 bits per heavy atom. The van der Waals surface area contributed by atoms with Crippen molar-refractivity contribution in [2.45, 2.75) is 23.9 Å². The summed E-state index contributed by atoms with van der Waals surface area (Å²) in [5.41, 5.74) is 1.70. The van der Waals surface area contributed by atoms with Crippen LogP contribution in [0.25, 0.3) is 0 Å². The Bertz CT molecular complexity index is 1590. The molecular formula is C31H29Cl2N3O4S. The van der Waals surface area contributed by atoms with Crippen LogP contribution >= 0.6 is 23.2 Å². The number of halogens is 2. The van der Waals surface area contributed by atoms with Crippen molar-refractivity contribution in [1.82, 2.24) is 10.2 Å². The molecule has 4 rings (SSSR count). The molecule has 0 aliphatic heterocycles. The first-order chi connectivity index (χ1) is 19.7. The van der Waals surface area contributed by atoms with Crippen molar-refractivity contribution in [3.8, 4) is 0 Å². The third-order valence-electron chi connectivity index (χ3n) is 6.53. The summed E-state index contributed by atoms with van der Waals surface area (Å²) in [4.78, 5) is 28.9. The highest BCUT2D eigenvalue weighted by Crippen LogP contribution is 2.27. The molecule has 10 heteroatoms. The summed E-state index contributed by atoms with van der Waals surface area (Å²) < 4.78 is 28.7. The maximum absolute atomic E-state index is 14.2. The van der Waals surface area contributed by atoms with Gasteiger partial charge >= 0.3 is 0 Å². The standard InChI is InChI=1S/C31H29Cl2N3O4S/c1-34-31(38)29(19-23-11-5-2-6-12-23)35(21-24-17-18-25(32)20-28(24)33)30(37)22-36(26-13-7-3-8-14-26)41(39,40)27-15-9-4-10-16-27/h2-18,20,29H,19,21-22H2,1H3,(H,34,38). The number of likely N-dealkylation sites (N-methyl/N-ethyl adjacent to an activating group) is 1. The highest BCUT2D eigenvalue weighted by Gasteiger charge is 2.34. The Balaban J connectivity index is 1.78. The number of amides is 2. The van der Waals surface area contributed by atoms with Gasteiger partial charge in [-0.2, -0.15) is 0 Å². The molecule has 0 radical (unpaired) electrons. The maximum Gasteiger partial charge on any atom is 0.264 e. The minimum Gasteiger partial charge on any atom is -0.357 e. The van der Waals surface area contributed by atoms with Crippen LogP contribution in [0.2, 0.25) is 10.0 Å². The summed E-state index contributed by atoms with van der Waals surface area (Å²) in [5.74, 6) is -0.978. The lowest BCUT2D eigenvalue weighted by molar-refractivity contribution is -0.139. The average molecular weight is 611 g/mol. The smallest absolute Gasteiger partial charge is 0.264 e. The van der Waals surface area contributed by atoms with E-state index in [4.69, 9.17) is 23.2 Å². The SMILES string of the molecule is CNC(=O)C(Cc1ccccc1)N(Cc1ccc(Cl)cc1Cl)C(=O)CN(c1ccccc1)S(=O)(=O)c1ccccc1. The highest BCUT2D eigenvalue weighted by atomic mass is 35.5. The van der Waals surface area contributed by atoms with E-state index in [1.54, 1.807) is 66.7 Å². The van der Waals surface area contributed by atoms with Gasteiger partial charge in [-0.05, 0) is 47.5 Å². The van der Waals surface area contributed by atoms with E-state index in [0.717, 1.165) is 9.87 Å². The first-order valence-corrected chi connectivity index (χ1v) is 15.0. The Morgan fingerprint density at radius 3 is 2.00 bits per heavy atom. The molecule has 1 N–H and O–H groups in total. The number of hydrogen-bond donors (Lipinski definition) is 1. The average Bonchev–Trinajstić information content (AvgIpc) is 2.99. The van der Waals surface area contributed by atoms with E-state index in [9.17, 15) is 18.0 Å². The summed E-state index contributed by atoms with van der Waals surface area (Å²) in [7, 11) is -2.64. The molecule has 0 aliphatic carbocycles. The lowest BCUT2D eigenvalue weighted by Crippen LogP contribution is -2.53. The summed E-state index contributed by atoms with van der Waals surface area (Å²) in [6.07, 6.45) is 0.203. The predicted molar refractivity (Wildman–Crippen MR) is 162 cm³/mol. The van der Waals surface area contributed by atoms with E-state index < -0.39 is 34.4 Å². The Morgan fingerprint density at radius 2 is 1.41 bits per heavy atom. The van der Waals surface area contributed by atoms with Gasteiger partial charge in [0.2, 0.25) is 11.8 Å². The number of nitrogens with zero attached hydrogens (tertiary/aromatic N) is 2. The van der Waals surface area contributed by atoms with Crippen LogP contribution in [0.4, 0.5) is 5.69 Å². The Kier molecular flexibility index (Phi) is 10.0. The molecule has 1 unspecified atom stereocenters. The number of hydrogen-bond acceptors (Lipinski definition) is 4. The normalized spacial score (nSPS) is 11.9. The predicted octanol–water partition coefficient (Wildman–Crippen LogP) is 5.57. The highest BCUT2D eigenvalue weighted by molar-refractivity contribution is 7.92. The van der Waals surface area contributed by atoms with Crippen LogP contribution in [0.15, 0.2) is 114 Å². The second-order valence-corrected chi connectivity index (χ2v) is 11.9. The lowest BCUT2D eigenvalue weighted by Gasteiger charge is -2.33. The van der Waals surface area contributed by atoms with Crippen molar-refractivity contribution in [2.75, 3.05) is 17.9 Å². The molecule has 2 amide bonds. The fourth-order valence-electron chi connectivity index (χ4n) is 4.40. The molecule has 0 bridgehead atoms. The molecule has 4 aromatic carbocycles. The van der Waals surface area contributed by atoms with Crippen molar-refractivity contribution in [3.63, 3.8) is 0 Å². The molecule has 212 valence electrons. The van der Waals surface area contributed by atoms with Gasteiger partial charge in [-0.25, -0.2) is 8.42 Å². The number of benzene rings is 4. The number of anilines is 1. The van der Waals surface area contributed by atoms with E-state index in [-0.39, 0.29) is 17.9 Å². The van der Waals surface area contributed by atoms with E-state index in [2.05, 4.69) is 5.32 Å². The van der Waals surface area contributed by atoms with Crippen molar-refractivity contribution >= 4 is 50.7 Å².